The summed E-state index contributed by atoms with van der Waals surface area (Å²) in [5.41, 5.74) is 0. The van der Waals surface area contributed by atoms with Crippen molar-refractivity contribution < 1.29 is 9.53 Å². The minimum absolute atomic E-state index is 0.0514. The Morgan fingerprint density at radius 2 is 0.893 bits per heavy atom. The van der Waals surface area contributed by atoms with Crippen molar-refractivity contribution in [3.8, 4) is 0 Å². The van der Waals surface area contributed by atoms with Crippen LogP contribution in [-0.4, -0.2) is 12.1 Å². The quantitative estimate of drug-likeness (QED) is 0.135. The van der Waals surface area contributed by atoms with Crippen molar-refractivity contribution in [1.29, 1.82) is 0 Å². The lowest BCUT2D eigenvalue weighted by molar-refractivity contribution is -0.150. The number of hydrogen-bond acceptors (Lipinski definition) is 2. The van der Waals surface area contributed by atoms with Gasteiger partial charge in [0.15, 0.2) is 0 Å². The molecule has 0 aliphatic carbocycles. The first-order chi connectivity index (χ1) is 13.7. The fourth-order valence-electron chi connectivity index (χ4n) is 3.86. The second-order valence-corrected chi connectivity index (χ2v) is 8.74. The maximum Gasteiger partial charge on any atom is 0.306 e. The van der Waals surface area contributed by atoms with Gasteiger partial charge in [-0.1, -0.05) is 117 Å². The largest absolute Gasteiger partial charge is 0.462 e. The highest BCUT2D eigenvalue weighted by molar-refractivity contribution is 5.69. The summed E-state index contributed by atoms with van der Waals surface area (Å²) in [7, 11) is 0. The molecule has 2 heteroatoms. The molecule has 2 nitrogen and oxygen atoms in total. The third-order valence-electron chi connectivity index (χ3n) is 5.79. The van der Waals surface area contributed by atoms with Crippen LogP contribution in [0, 0.1) is 0 Å². The molecule has 0 N–H and O–H groups in total. The average Bonchev–Trinajstić information content (AvgIpc) is 2.69. The van der Waals surface area contributed by atoms with E-state index in [-0.39, 0.29) is 12.1 Å². The Hall–Kier alpha value is -0.530. The van der Waals surface area contributed by atoms with Crippen LogP contribution < -0.4 is 0 Å². The highest BCUT2D eigenvalue weighted by Crippen LogP contribution is 2.18. The summed E-state index contributed by atoms with van der Waals surface area (Å²) < 4.78 is 5.88. The molecule has 168 valence electrons. The van der Waals surface area contributed by atoms with Crippen molar-refractivity contribution in [2.45, 2.75) is 162 Å². The molecular weight excluding hydrogens is 344 g/mol. The fraction of sp³-hybridized carbons (Fsp3) is 0.962. The van der Waals surface area contributed by atoms with Gasteiger partial charge in [-0.3, -0.25) is 4.79 Å². The maximum atomic E-state index is 12.2. The van der Waals surface area contributed by atoms with Crippen LogP contribution in [0.4, 0.5) is 0 Å². The fourth-order valence-corrected chi connectivity index (χ4v) is 3.86. The molecule has 28 heavy (non-hydrogen) atoms. The molecule has 0 saturated carbocycles. The Bertz CT molecular complexity index is 314. The Morgan fingerprint density at radius 1 is 0.536 bits per heavy atom. The molecule has 0 radical (unpaired) electrons. The smallest absolute Gasteiger partial charge is 0.306 e. The normalized spacial score (nSPS) is 12.2. The van der Waals surface area contributed by atoms with Crippen LogP contribution in [0.5, 0.6) is 0 Å². The Morgan fingerprint density at radius 3 is 1.36 bits per heavy atom. The van der Waals surface area contributed by atoms with Gasteiger partial charge in [0.2, 0.25) is 0 Å². The van der Waals surface area contributed by atoms with Crippen LogP contribution in [0.2, 0.25) is 0 Å². The topological polar surface area (TPSA) is 26.3 Å². The molecule has 0 saturated heterocycles. The highest BCUT2D eigenvalue weighted by Gasteiger charge is 2.14. The first-order valence-electron chi connectivity index (χ1n) is 12.9. The first-order valence-corrected chi connectivity index (χ1v) is 12.9. The minimum Gasteiger partial charge on any atom is -0.462 e. The third-order valence-corrected chi connectivity index (χ3v) is 5.79. The monoisotopic (exact) mass is 396 g/mol. The number of unbranched alkanes of at least 4 members (excludes halogenated alkanes) is 15. The number of esters is 1. The van der Waals surface area contributed by atoms with Gasteiger partial charge in [0.05, 0.1) is 0 Å². The van der Waals surface area contributed by atoms with Crippen LogP contribution in [0.3, 0.4) is 0 Å². The van der Waals surface area contributed by atoms with Crippen LogP contribution >= 0.6 is 0 Å². The Kier molecular flexibility index (Phi) is 22.3. The predicted molar refractivity (Wildman–Crippen MR) is 124 cm³/mol. The molecular formula is C26H52O2. The SMILES string of the molecule is CCCCCCCCCCC(CCCCCC)OC(=O)CCCCCCCC. The van der Waals surface area contributed by atoms with Crippen LogP contribution in [-0.2, 0) is 9.53 Å². The van der Waals surface area contributed by atoms with E-state index in [0.29, 0.717) is 6.42 Å². The van der Waals surface area contributed by atoms with E-state index in [1.165, 1.54) is 109 Å². The molecule has 0 rings (SSSR count). The predicted octanol–water partition coefficient (Wildman–Crippen LogP) is 9.15. The zero-order chi connectivity index (χ0) is 20.7. The lowest BCUT2D eigenvalue weighted by Crippen LogP contribution is -2.18. The van der Waals surface area contributed by atoms with Gasteiger partial charge in [0.25, 0.3) is 0 Å². The first kappa shape index (κ1) is 27.5. The summed E-state index contributed by atoms with van der Waals surface area (Å²) in [6.45, 7) is 6.76. The zero-order valence-corrected chi connectivity index (χ0v) is 19.7. The van der Waals surface area contributed by atoms with Gasteiger partial charge in [-0.25, -0.2) is 0 Å². The molecule has 0 spiro atoms. The summed E-state index contributed by atoms with van der Waals surface area (Å²) in [5.74, 6) is 0.0514. The van der Waals surface area contributed by atoms with E-state index in [2.05, 4.69) is 20.8 Å². The van der Waals surface area contributed by atoms with Crippen LogP contribution in [0.15, 0.2) is 0 Å². The standard InChI is InChI=1S/C26H52O2/c1-4-7-10-13-15-16-17-20-23-25(22-19-12-9-6-3)28-26(27)24-21-18-14-11-8-5-2/h25H,4-24H2,1-3H3. The van der Waals surface area contributed by atoms with Crippen molar-refractivity contribution in [3.63, 3.8) is 0 Å². The van der Waals surface area contributed by atoms with Crippen molar-refractivity contribution in [1.82, 2.24) is 0 Å². The van der Waals surface area contributed by atoms with Gasteiger partial charge < -0.3 is 4.74 Å². The third kappa shape index (κ3) is 20.2. The summed E-state index contributed by atoms with van der Waals surface area (Å²) in [6.07, 6.45) is 26.1. The van der Waals surface area contributed by atoms with Crippen LogP contribution in [0.25, 0.3) is 0 Å². The van der Waals surface area contributed by atoms with Crippen molar-refractivity contribution in [3.05, 3.63) is 0 Å². The molecule has 0 aliphatic heterocycles. The highest BCUT2D eigenvalue weighted by atomic mass is 16.5. The Labute approximate surface area is 177 Å². The molecule has 0 amide bonds. The van der Waals surface area contributed by atoms with Gasteiger partial charge in [-0.15, -0.1) is 0 Å². The minimum atomic E-state index is 0.0514. The maximum absolute atomic E-state index is 12.2. The molecule has 0 aromatic carbocycles. The molecule has 1 unspecified atom stereocenters. The summed E-state index contributed by atoms with van der Waals surface area (Å²) in [6, 6.07) is 0. The summed E-state index contributed by atoms with van der Waals surface area (Å²) in [5, 5.41) is 0. The van der Waals surface area contributed by atoms with E-state index in [1.54, 1.807) is 0 Å². The van der Waals surface area contributed by atoms with E-state index < -0.39 is 0 Å². The summed E-state index contributed by atoms with van der Waals surface area (Å²) >= 11 is 0. The molecule has 1 atom stereocenters. The average molecular weight is 397 g/mol. The van der Waals surface area contributed by atoms with Gasteiger partial charge in [0, 0.05) is 6.42 Å². The number of hydrogen-bond donors (Lipinski definition) is 0. The Balaban J connectivity index is 3.92. The van der Waals surface area contributed by atoms with Crippen LogP contribution in [0.1, 0.15) is 156 Å². The molecule has 0 fully saturated rings. The number of carbonyl (C=O) groups excluding carboxylic acids is 1. The molecule has 0 aliphatic rings. The van der Waals surface area contributed by atoms with E-state index in [4.69, 9.17) is 4.74 Å². The molecule has 0 heterocycles. The lowest BCUT2D eigenvalue weighted by Gasteiger charge is -2.18. The van der Waals surface area contributed by atoms with Gasteiger partial charge in [0.1, 0.15) is 6.10 Å². The van der Waals surface area contributed by atoms with E-state index in [1.807, 2.05) is 0 Å². The van der Waals surface area contributed by atoms with E-state index in [9.17, 15) is 4.79 Å². The molecule has 0 bridgehead atoms. The second kappa shape index (κ2) is 22.8. The second-order valence-electron chi connectivity index (χ2n) is 8.74. The van der Waals surface area contributed by atoms with Crippen molar-refractivity contribution in [2.24, 2.45) is 0 Å². The van der Waals surface area contributed by atoms with Gasteiger partial charge in [-0.05, 0) is 32.1 Å². The number of rotatable bonds is 22. The van der Waals surface area contributed by atoms with Crippen molar-refractivity contribution in [2.75, 3.05) is 0 Å². The number of carbonyl (C=O) groups is 1. The van der Waals surface area contributed by atoms with Gasteiger partial charge >= 0.3 is 5.97 Å². The lowest BCUT2D eigenvalue weighted by atomic mass is 10.0. The summed E-state index contributed by atoms with van der Waals surface area (Å²) in [4.78, 5) is 12.2. The van der Waals surface area contributed by atoms with E-state index >= 15 is 0 Å². The van der Waals surface area contributed by atoms with Crippen molar-refractivity contribution >= 4 is 5.97 Å². The number of ether oxygens (including phenoxy) is 1. The molecule has 0 aromatic heterocycles. The van der Waals surface area contributed by atoms with Gasteiger partial charge in [-0.2, -0.15) is 0 Å². The molecule has 0 aromatic rings. The zero-order valence-electron chi connectivity index (χ0n) is 19.7. The van der Waals surface area contributed by atoms with E-state index in [0.717, 1.165) is 19.3 Å².